The molecule has 1 aromatic carbocycles. The van der Waals surface area contributed by atoms with Crippen molar-refractivity contribution in [2.24, 2.45) is 5.92 Å². The molecule has 0 fully saturated rings. The molecule has 0 bridgehead atoms. The molecule has 0 aliphatic carbocycles. The van der Waals surface area contributed by atoms with Crippen molar-refractivity contribution in [1.82, 2.24) is 0 Å². The third kappa shape index (κ3) is 3.61. The largest absolute Gasteiger partial charge is 0.490 e. The minimum absolute atomic E-state index is 0.0868. The number of hydrogen-bond acceptors (Lipinski definition) is 7. The van der Waals surface area contributed by atoms with Crippen LogP contribution in [0.15, 0.2) is 21.3 Å². The van der Waals surface area contributed by atoms with E-state index in [1.165, 1.54) is 6.07 Å². The molecule has 0 radical (unpaired) electrons. The van der Waals surface area contributed by atoms with Gasteiger partial charge in [0.15, 0.2) is 11.4 Å². The highest BCUT2D eigenvalue weighted by Gasteiger charge is 2.36. The second kappa shape index (κ2) is 7.66. The van der Waals surface area contributed by atoms with E-state index in [0.717, 1.165) is 0 Å². The van der Waals surface area contributed by atoms with Crippen molar-refractivity contribution in [2.45, 2.75) is 53.2 Å². The van der Waals surface area contributed by atoms with Crippen LogP contribution in [0.3, 0.4) is 0 Å². The van der Waals surface area contributed by atoms with E-state index in [-0.39, 0.29) is 42.2 Å². The van der Waals surface area contributed by atoms with Crippen LogP contribution in [0.5, 0.6) is 11.5 Å². The summed E-state index contributed by atoms with van der Waals surface area (Å²) in [4.78, 5) is 37.2. The highest BCUT2D eigenvalue weighted by Crippen LogP contribution is 2.42. The number of ether oxygens (including phenoxy) is 3. The molecule has 0 spiro atoms. The Morgan fingerprint density at radius 2 is 1.93 bits per heavy atom. The Hall–Kier alpha value is -2.83. The van der Waals surface area contributed by atoms with Gasteiger partial charge in [0, 0.05) is 12.1 Å². The van der Waals surface area contributed by atoms with Gasteiger partial charge in [0.2, 0.25) is 0 Å². The average molecular weight is 388 g/mol. The molecule has 2 heterocycles. The van der Waals surface area contributed by atoms with Gasteiger partial charge in [0.25, 0.3) is 0 Å². The maximum atomic E-state index is 12.9. The highest BCUT2D eigenvalue weighted by molar-refractivity contribution is 6.12. The maximum absolute atomic E-state index is 12.9. The Morgan fingerprint density at radius 1 is 1.21 bits per heavy atom. The number of fused-ring (bicyclic) bond motifs is 3. The number of carbonyl (C=O) groups excluding carboxylic acids is 2. The van der Waals surface area contributed by atoms with E-state index in [9.17, 15) is 14.4 Å². The molecule has 150 valence electrons. The van der Waals surface area contributed by atoms with E-state index in [0.29, 0.717) is 22.4 Å². The molecule has 7 nitrogen and oxygen atoms in total. The van der Waals surface area contributed by atoms with Crippen LogP contribution in [0.25, 0.3) is 11.0 Å². The molecule has 1 aliphatic rings. The molecule has 2 aromatic rings. The molecule has 0 saturated heterocycles. The summed E-state index contributed by atoms with van der Waals surface area (Å²) in [5, 5.41) is 0.416. The first kappa shape index (κ1) is 19.9. The lowest BCUT2D eigenvalue weighted by Gasteiger charge is -2.29. The van der Waals surface area contributed by atoms with Gasteiger partial charge in [-0.15, -0.1) is 0 Å². The smallest absolute Gasteiger partial charge is 0.336 e. The summed E-state index contributed by atoms with van der Waals surface area (Å²) in [6.07, 6.45) is -0.637. The van der Waals surface area contributed by atoms with Crippen LogP contribution >= 0.6 is 0 Å². The number of Topliss-reactive ketones (excluding diaryl/α,β-unsaturated/α-hetero) is 1. The number of carbonyl (C=O) groups is 2. The lowest BCUT2D eigenvalue weighted by Crippen LogP contribution is -2.34. The third-order valence-electron chi connectivity index (χ3n) is 4.70. The van der Waals surface area contributed by atoms with Crippen molar-refractivity contribution in [1.29, 1.82) is 0 Å². The SMILES string of the molecule is CCOC(=O)Cc1cc(=O)oc2c3c(cc(OC(C)C)c12)OC(C)C(C)C3=O. The molecule has 2 unspecified atom stereocenters. The topological polar surface area (TPSA) is 92.0 Å². The fraction of sp³-hybridized carbons (Fsp3) is 0.476. The van der Waals surface area contributed by atoms with Crippen molar-refractivity contribution in [2.75, 3.05) is 6.61 Å². The third-order valence-corrected chi connectivity index (χ3v) is 4.70. The molecule has 1 aliphatic heterocycles. The van der Waals surface area contributed by atoms with E-state index in [4.69, 9.17) is 18.6 Å². The highest BCUT2D eigenvalue weighted by atomic mass is 16.5. The second-order valence-corrected chi connectivity index (χ2v) is 7.17. The molecule has 0 amide bonds. The van der Waals surface area contributed by atoms with E-state index in [1.807, 2.05) is 20.8 Å². The van der Waals surface area contributed by atoms with Gasteiger partial charge < -0.3 is 18.6 Å². The van der Waals surface area contributed by atoms with Crippen LogP contribution in [-0.2, 0) is 16.0 Å². The Balaban J connectivity index is 2.32. The zero-order valence-electron chi connectivity index (χ0n) is 16.7. The van der Waals surface area contributed by atoms with Gasteiger partial charge in [-0.2, -0.15) is 0 Å². The fourth-order valence-corrected chi connectivity index (χ4v) is 3.29. The summed E-state index contributed by atoms with van der Waals surface area (Å²) >= 11 is 0. The fourth-order valence-electron chi connectivity index (χ4n) is 3.29. The molecule has 2 atom stereocenters. The number of hydrogen-bond donors (Lipinski definition) is 0. The minimum atomic E-state index is -0.658. The van der Waals surface area contributed by atoms with Crippen LogP contribution in [-0.4, -0.2) is 30.6 Å². The number of benzene rings is 1. The predicted octanol–water partition coefficient (Wildman–Crippen LogP) is 3.29. The number of ketones is 1. The van der Waals surface area contributed by atoms with Gasteiger partial charge in [0.1, 0.15) is 23.2 Å². The molecule has 7 heteroatoms. The summed E-state index contributed by atoms with van der Waals surface area (Å²) in [6.45, 7) is 9.22. The standard InChI is InChI=1S/C21H24O7/c1-6-25-16(22)7-13-8-17(23)28-21-18(13)14(26-10(2)3)9-15-19(21)20(24)11(4)12(5)27-15/h8-12H,6-7H2,1-5H3. The normalized spacial score (nSPS) is 18.7. The van der Waals surface area contributed by atoms with E-state index < -0.39 is 17.5 Å². The van der Waals surface area contributed by atoms with Crippen LogP contribution in [0, 0.1) is 5.92 Å². The van der Waals surface area contributed by atoms with Crippen molar-refractivity contribution in [3.05, 3.63) is 33.7 Å². The van der Waals surface area contributed by atoms with E-state index >= 15 is 0 Å². The lowest BCUT2D eigenvalue weighted by atomic mass is 9.89. The summed E-state index contributed by atoms with van der Waals surface area (Å²) in [7, 11) is 0. The van der Waals surface area contributed by atoms with Crippen molar-refractivity contribution in [3.8, 4) is 11.5 Å². The quantitative estimate of drug-likeness (QED) is 0.573. The van der Waals surface area contributed by atoms with Crippen molar-refractivity contribution >= 4 is 22.7 Å². The maximum Gasteiger partial charge on any atom is 0.336 e. The molecular weight excluding hydrogens is 364 g/mol. The molecule has 0 N–H and O–H groups in total. The van der Waals surface area contributed by atoms with Crippen LogP contribution < -0.4 is 15.1 Å². The zero-order valence-corrected chi connectivity index (χ0v) is 16.7. The van der Waals surface area contributed by atoms with Gasteiger partial charge in [-0.3, -0.25) is 9.59 Å². The van der Waals surface area contributed by atoms with E-state index in [2.05, 4.69) is 0 Å². The Morgan fingerprint density at radius 3 is 2.57 bits per heavy atom. The predicted molar refractivity (Wildman–Crippen MR) is 102 cm³/mol. The average Bonchev–Trinajstić information content (AvgIpc) is 2.58. The zero-order chi connectivity index (χ0) is 20.6. The van der Waals surface area contributed by atoms with Crippen LogP contribution in [0.1, 0.15) is 50.5 Å². The second-order valence-electron chi connectivity index (χ2n) is 7.17. The molecule has 1 aromatic heterocycles. The van der Waals surface area contributed by atoms with Gasteiger partial charge in [0.05, 0.1) is 30.4 Å². The Bertz CT molecular complexity index is 986. The molecule has 3 rings (SSSR count). The first-order chi connectivity index (χ1) is 13.2. The lowest BCUT2D eigenvalue weighted by molar-refractivity contribution is -0.142. The summed E-state index contributed by atoms with van der Waals surface area (Å²) in [6, 6.07) is 2.87. The summed E-state index contributed by atoms with van der Waals surface area (Å²) < 4.78 is 22.2. The minimum Gasteiger partial charge on any atom is -0.490 e. The number of rotatable bonds is 5. The number of esters is 1. The first-order valence-electron chi connectivity index (χ1n) is 9.39. The van der Waals surface area contributed by atoms with Gasteiger partial charge in [-0.1, -0.05) is 6.92 Å². The molecule has 0 saturated carbocycles. The summed E-state index contributed by atoms with van der Waals surface area (Å²) in [5.41, 5.74) is 0.0280. The van der Waals surface area contributed by atoms with Crippen LogP contribution in [0.2, 0.25) is 0 Å². The monoisotopic (exact) mass is 388 g/mol. The molecular formula is C21H24O7. The van der Waals surface area contributed by atoms with Crippen molar-refractivity contribution < 1.29 is 28.2 Å². The summed E-state index contributed by atoms with van der Waals surface area (Å²) in [5.74, 6) is -0.346. The first-order valence-corrected chi connectivity index (χ1v) is 9.39. The van der Waals surface area contributed by atoms with Crippen LogP contribution in [0.4, 0.5) is 0 Å². The van der Waals surface area contributed by atoms with Crippen molar-refractivity contribution in [3.63, 3.8) is 0 Å². The van der Waals surface area contributed by atoms with E-state index in [1.54, 1.807) is 19.9 Å². The van der Waals surface area contributed by atoms with Gasteiger partial charge >= 0.3 is 11.6 Å². The van der Waals surface area contributed by atoms with Gasteiger partial charge in [-0.05, 0) is 33.3 Å². The molecule has 28 heavy (non-hydrogen) atoms. The Labute approximate surface area is 162 Å². The van der Waals surface area contributed by atoms with Gasteiger partial charge in [-0.25, -0.2) is 4.79 Å². The Kier molecular flexibility index (Phi) is 5.45.